The molecule has 4 aromatic rings. The largest absolute Gasteiger partial charge is 0.351 e. The lowest BCUT2D eigenvalue weighted by atomic mass is 9.95. The van der Waals surface area contributed by atoms with E-state index in [1.807, 2.05) is 6.92 Å². The SMILES string of the molecule is [2H]C([2H])([2H])NCc1ccc(-n2cc(-c3nc(N[C@H]4CCN(S(=O)(=O)c5cn(C)cn5)C[C@H]4C)ncc3[N+]#[C-])cn2)c(Cl)c1. The number of benzene rings is 1. The highest BCUT2D eigenvalue weighted by molar-refractivity contribution is 7.89. The van der Waals surface area contributed by atoms with Crippen LogP contribution in [0.2, 0.25) is 5.02 Å². The van der Waals surface area contributed by atoms with Crippen LogP contribution in [-0.2, 0) is 23.6 Å². The van der Waals surface area contributed by atoms with Crippen molar-refractivity contribution >= 4 is 33.3 Å². The summed E-state index contributed by atoms with van der Waals surface area (Å²) in [5.74, 6) is 0.264. The summed E-state index contributed by atoms with van der Waals surface area (Å²) < 4.78 is 52.6. The molecule has 2 N–H and O–H groups in total. The number of sulfonamides is 1. The normalized spacial score (nSPS) is 19.4. The second-order valence-corrected chi connectivity index (χ2v) is 11.9. The van der Waals surface area contributed by atoms with Gasteiger partial charge in [0.2, 0.25) is 11.6 Å². The van der Waals surface area contributed by atoms with Crippen LogP contribution in [0.5, 0.6) is 0 Å². The molecule has 12 nitrogen and oxygen atoms in total. The van der Waals surface area contributed by atoms with E-state index in [2.05, 4.69) is 35.5 Å². The van der Waals surface area contributed by atoms with Gasteiger partial charge >= 0.3 is 0 Å². The third-order valence-electron chi connectivity index (χ3n) is 6.77. The number of hydrogen-bond donors (Lipinski definition) is 2. The second kappa shape index (κ2) is 11.3. The Morgan fingerprint density at radius 3 is 2.83 bits per heavy atom. The van der Waals surface area contributed by atoms with Gasteiger partial charge in [0.15, 0.2) is 5.03 Å². The second-order valence-electron chi connectivity index (χ2n) is 9.61. The van der Waals surface area contributed by atoms with E-state index in [1.54, 1.807) is 46.9 Å². The third-order valence-corrected chi connectivity index (χ3v) is 8.82. The first-order valence-corrected chi connectivity index (χ1v) is 14.2. The fourth-order valence-corrected chi connectivity index (χ4v) is 6.44. The van der Waals surface area contributed by atoms with Crippen molar-refractivity contribution in [3.05, 3.63) is 71.3 Å². The topological polar surface area (TPSA) is 127 Å². The van der Waals surface area contributed by atoms with Gasteiger partial charge in [-0.25, -0.2) is 32.9 Å². The van der Waals surface area contributed by atoms with Crippen LogP contribution in [0.4, 0.5) is 11.6 Å². The molecule has 0 unspecified atom stereocenters. The van der Waals surface area contributed by atoms with Crippen LogP contribution < -0.4 is 10.6 Å². The molecule has 1 saturated heterocycles. The Morgan fingerprint density at radius 2 is 2.12 bits per heavy atom. The Bertz CT molecular complexity index is 1780. The van der Waals surface area contributed by atoms with Gasteiger partial charge in [0.25, 0.3) is 10.0 Å². The Labute approximate surface area is 242 Å². The minimum atomic E-state index is -3.69. The molecule has 0 amide bonds. The minimum absolute atomic E-state index is 0.0274. The molecule has 40 heavy (non-hydrogen) atoms. The summed E-state index contributed by atoms with van der Waals surface area (Å²) in [7, 11) is -1.97. The van der Waals surface area contributed by atoms with Crippen molar-refractivity contribution < 1.29 is 12.5 Å². The van der Waals surface area contributed by atoms with Gasteiger partial charge in [0.05, 0.1) is 35.5 Å². The average molecular weight is 584 g/mol. The van der Waals surface area contributed by atoms with Crippen LogP contribution in [0.1, 0.15) is 23.0 Å². The lowest BCUT2D eigenvalue weighted by molar-refractivity contribution is 0.260. The van der Waals surface area contributed by atoms with Crippen molar-refractivity contribution in [1.82, 2.24) is 38.9 Å². The molecule has 0 bridgehead atoms. The standard InChI is InChI=1S/C26H29ClN10O2S/c1-17-13-36(40(38,39)24-15-35(4)16-31-24)8-7-21(17)33-26-30-12-22(29-3)25(34-26)19-11-32-37(14-19)23-6-5-18(10-28-2)9-20(23)27/h5-6,9,11-12,14-17,21,28H,7-8,10,13H2,1-2,4H3,(H,30,33,34)/t17-,21+/m1/s1/i2D3. The van der Waals surface area contributed by atoms with E-state index in [-0.39, 0.29) is 29.2 Å². The fourth-order valence-electron chi connectivity index (χ4n) is 4.62. The van der Waals surface area contributed by atoms with Crippen molar-refractivity contribution in [2.45, 2.75) is 31.0 Å². The van der Waals surface area contributed by atoms with E-state index in [4.69, 9.17) is 22.3 Å². The molecular weight excluding hydrogens is 552 g/mol. The fraction of sp³-hybridized carbons (Fsp3) is 0.346. The van der Waals surface area contributed by atoms with E-state index >= 15 is 0 Å². The van der Waals surface area contributed by atoms with Crippen LogP contribution in [-0.4, -0.2) is 68.1 Å². The predicted molar refractivity (Wildman–Crippen MR) is 152 cm³/mol. The number of anilines is 1. The van der Waals surface area contributed by atoms with E-state index in [9.17, 15) is 8.42 Å². The number of piperidine rings is 1. The summed E-state index contributed by atoms with van der Waals surface area (Å²) in [6.07, 6.45) is 8.20. The Hall–Kier alpha value is -3.83. The summed E-state index contributed by atoms with van der Waals surface area (Å²) in [5, 5.41) is 10.6. The number of aryl methyl sites for hydroxylation is 1. The molecule has 208 valence electrons. The Balaban J connectivity index is 1.31. The van der Waals surface area contributed by atoms with Crippen molar-refractivity contribution in [3.63, 3.8) is 0 Å². The molecule has 1 aliphatic heterocycles. The first-order valence-electron chi connectivity index (χ1n) is 13.9. The maximum absolute atomic E-state index is 13.0. The minimum Gasteiger partial charge on any atom is -0.351 e. The Kier molecular flexibility index (Phi) is 6.81. The van der Waals surface area contributed by atoms with Crippen LogP contribution in [0.15, 0.2) is 54.3 Å². The van der Waals surface area contributed by atoms with Crippen LogP contribution >= 0.6 is 11.6 Å². The summed E-state index contributed by atoms with van der Waals surface area (Å²) >= 11 is 6.49. The number of nitrogens with one attached hydrogen (secondary N) is 2. The lowest BCUT2D eigenvalue weighted by Crippen LogP contribution is -2.47. The van der Waals surface area contributed by atoms with Gasteiger partial charge in [-0.3, -0.25) is 0 Å². The van der Waals surface area contributed by atoms with Crippen molar-refractivity contribution in [1.29, 1.82) is 0 Å². The molecule has 2 atom stereocenters. The molecule has 5 rings (SSSR count). The summed E-state index contributed by atoms with van der Waals surface area (Å²) in [4.78, 5) is 16.5. The smallest absolute Gasteiger partial charge is 0.262 e. The highest BCUT2D eigenvalue weighted by Gasteiger charge is 2.35. The van der Waals surface area contributed by atoms with Gasteiger partial charge in [-0.2, -0.15) is 9.40 Å². The highest BCUT2D eigenvalue weighted by Crippen LogP contribution is 2.31. The van der Waals surface area contributed by atoms with Crippen molar-refractivity contribution in [2.75, 3.05) is 25.4 Å². The molecule has 1 fully saturated rings. The number of halogens is 1. The third kappa shape index (κ3) is 5.57. The van der Waals surface area contributed by atoms with Crippen molar-refractivity contribution in [2.24, 2.45) is 13.0 Å². The highest BCUT2D eigenvalue weighted by atomic mass is 35.5. The maximum atomic E-state index is 13.0. The molecule has 1 aromatic carbocycles. The van der Waals surface area contributed by atoms with Gasteiger partial charge < -0.3 is 15.2 Å². The molecule has 0 radical (unpaired) electrons. The summed E-state index contributed by atoms with van der Waals surface area (Å²) in [6, 6.07) is 5.07. The van der Waals surface area contributed by atoms with E-state index < -0.39 is 17.0 Å². The van der Waals surface area contributed by atoms with E-state index in [0.29, 0.717) is 53.0 Å². The van der Waals surface area contributed by atoms with Gasteiger partial charge in [-0.15, -0.1) is 0 Å². The first-order chi connectivity index (χ1) is 20.3. The summed E-state index contributed by atoms with van der Waals surface area (Å²) in [6.45, 7) is 8.07. The van der Waals surface area contributed by atoms with E-state index in [0.717, 1.165) is 0 Å². The number of rotatable bonds is 8. The molecule has 3 aromatic heterocycles. The maximum Gasteiger partial charge on any atom is 0.262 e. The van der Waals surface area contributed by atoms with Gasteiger partial charge in [0.1, 0.15) is 0 Å². The number of nitrogens with zero attached hydrogens (tertiary/aromatic N) is 8. The average Bonchev–Trinajstić information content (AvgIpc) is 3.62. The monoisotopic (exact) mass is 583 g/mol. The molecule has 0 aliphatic carbocycles. The van der Waals surface area contributed by atoms with Crippen LogP contribution in [0, 0.1) is 12.5 Å². The summed E-state index contributed by atoms with van der Waals surface area (Å²) in [5.41, 5.74) is 2.48. The van der Waals surface area contributed by atoms with Crippen LogP contribution in [0.3, 0.4) is 0 Å². The lowest BCUT2D eigenvalue weighted by Gasteiger charge is -2.36. The number of hydrogen-bond acceptors (Lipinski definition) is 8. The molecule has 14 heteroatoms. The molecule has 0 spiro atoms. The van der Waals surface area contributed by atoms with Crippen LogP contribution in [0.25, 0.3) is 21.8 Å². The first kappa shape index (κ1) is 24.0. The van der Waals surface area contributed by atoms with Crippen molar-refractivity contribution in [3.8, 4) is 16.9 Å². The zero-order valence-electron chi connectivity index (χ0n) is 24.8. The zero-order valence-corrected chi connectivity index (χ0v) is 23.4. The number of aromatic nitrogens is 6. The molecule has 0 saturated carbocycles. The van der Waals surface area contributed by atoms with Gasteiger partial charge in [-0.1, -0.05) is 24.6 Å². The molecule has 1 aliphatic rings. The van der Waals surface area contributed by atoms with Gasteiger partial charge in [-0.05, 0) is 37.0 Å². The Morgan fingerprint density at radius 1 is 1.27 bits per heavy atom. The quantitative estimate of drug-likeness (QED) is 0.302. The van der Waals surface area contributed by atoms with E-state index in [1.165, 1.54) is 23.0 Å². The molecular formula is C26H29ClN10O2S. The zero-order chi connectivity index (χ0) is 30.9. The predicted octanol–water partition coefficient (Wildman–Crippen LogP) is 3.50. The molecule has 4 heterocycles. The van der Waals surface area contributed by atoms with Gasteiger partial charge in [0, 0.05) is 61.0 Å². The number of imidazole rings is 1.